The van der Waals surface area contributed by atoms with Gasteiger partial charge in [-0.25, -0.2) is 0 Å². The second-order valence-electron chi connectivity index (χ2n) is 4.34. The van der Waals surface area contributed by atoms with Gasteiger partial charge in [-0.2, -0.15) is 0 Å². The minimum Gasteiger partial charge on any atom is -0.497 e. The minimum atomic E-state index is -0.374. The molecule has 1 aromatic rings. The fourth-order valence-electron chi connectivity index (χ4n) is 2.08. The molecule has 0 radical (unpaired) electrons. The number of ether oxygens (including phenoxy) is 2. The van der Waals surface area contributed by atoms with E-state index in [0.717, 1.165) is 12.8 Å². The van der Waals surface area contributed by atoms with Gasteiger partial charge in [0.05, 0.1) is 20.1 Å². The Morgan fingerprint density at radius 2 is 1.83 bits per heavy atom. The van der Waals surface area contributed by atoms with Crippen molar-refractivity contribution in [1.82, 2.24) is 0 Å². The lowest BCUT2D eigenvalue weighted by atomic mass is 9.94. The SMILES string of the molecule is COC(=O)C(c1c(Cl)cc(OC)cc1Cl)C1CC1. The number of halogens is 2. The van der Waals surface area contributed by atoms with Gasteiger partial charge in [0.1, 0.15) is 5.75 Å². The van der Waals surface area contributed by atoms with Crippen molar-refractivity contribution in [3.8, 4) is 5.75 Å². The quantitative estimate of drug-likeness (QED) is 0.793. The molecule has 1 unspecified atom stereocenters. The van der Waals surface area contributed by atoms with Crippen LogP contribution in [0.15, 0.2) is 12.1 Å². The third kappa shape index (κ3) is 2.57. The van der Waals surface area contributed by atoms with Gasteiger partial charge < -0.3 is 9.47 Å². The first-order chi connectivity index (χ1) is 8.58. The Balaban J connectivity index is 2.44. The highest BCUT2D eigenvalue weighted by Crippen LogP contribution is 2.48. The Morgan fingerprint density at radius 1 is 1.28 bits per heavy atom. The van der Waals surface area contributed by atoms with Gasteiger partial charge in [0.2, 0.25) is 0 Å². The molecule has 1 saturated carbocycles. The summed E-state index contributed by atoms with van der Waals surface area (Å²) in [6.45, 7) is 0. The number of benzene rings is 1. The zero-order chi connectivity index (χ0) is 13.3. The van der Waals surface area contributed by atoms with Crippen molar-refractivity contribution in [2.75, 3.05) is 14.2 Å². The highest BCUT2D eigenvalue weighted by atomic mass is 35.5. The van der Waals surface area contributed by atoms with Gasteiger partial charge in [0.25, 0.3) is 0 Å². The Labute approximate surface area is 116 Å². The molecule has 98 valence electrons. The monoisotopic (exact) mass is 288 g/mol. The first-order valence-electron chi connectivity index (χ1n) is 5.69. The van der Waals surface area contributed by atoms with Crippen LogP contribution in [0.3, 0.4) is 0 Å². The third-order valence-electron chi connectivity index (χ3n) is 3.15. The van der Waals surface area contributed by atoms with E-state index in [1.54, 1.807) is 19.2 Å². The van der Waals surface area contributed by atoms with E-state index < -0.39 is 0 Å². The number of esters is 1. The molecule has 0 bridgehead atoms. The second-order valence-corrected chi connectivity index (χ2v) is 5.16. The van der Waals surface area contributed by atoms with E-state index in [9.17, 15) is 4.79 Å². The number of carbonyl (C=O) groups excluding carboxylic acids is 1. The molecule has 3 nitrogen and oxygen atoms in total. The fraction of sp³-hybridized carbons (Fsp3) is 0.462. The van der Waals surface area contributed by atoms with Crippen LogP contribution in [0, 0.1) is 5.92 Å². The lowest BCUT2D eigenvalue weighted by Gasteiger charge is -2.18. The van der Waals surface area contributed by atoms with E-state index in [1.165, 1.54) is 7.11 Å². The van der Waals surface area contributed by atoms with Gasteiger partial charge in [0.15, 0.2) is 0 Å². The predicted molar refractivity (Wildman–Crippen MR) is 70.5 cm³/mol. The molecule has 0 spiro atoms. The molecule has 2 rings (SSSR count). The molecule has 0 saturated heterocycles. The molecule has 1 fully saturated rings. The fourth-order valence-corrected chi connectivity index (χ4v) is 2.78. The van der Waals surface area contributed by atoms with Crippen molar-refractivity contribution in [3.05, 3.63) is 27.7 Å². The van der Waals surface area contributed by atoms with Crippen LogP contribution in [0.4, 0.5) is 0 Å². The van der Waals surface area contributed by atoms with Crippen molar-refractivity contribution >= 4 is 29.2 Å². The number of hydrogen-bond donors (Lipinski definition) is 0. The summed E-state index contributed by atoms with van der Waals surface area (Å²) in [4.78, 5) is 11.9. The first-order valence-corrected chi connectivity index (χ1v) is 6.44. The summed E-state index contributed by atoms with van der Waals surface area (Å²) in [5.74, 6) is 0.196. The molecule has 0 heterocycles. The van der Waals surface area contributed by atoms with Crippen LogP contribution in [-0.2, 0) is 9.53 Å². The number of methoxy groups -OCH3 is 2. The smallest absolute Gasteiger partial charge is 0.313 e. The van der Waals surface area contributed by atoms with Crippen molar-refractivity contribution < 1.29 is 14.3 Å². The normalized spacial score (nSPS) is 16.2. The van der Waals surface area contributed by atoms with E-state index in [4.69, 9.17) is 32.7 Å². The lowest BCUT2D eigenvalue weighted by Crippen LogP contribution is -2.17. The molecule has 1 aliphatic rings. The molecule has 1 atom stereocenters. The summed E-state index contributed by atoms with van der Waals surface area (Å²) < 4.78 is 9.94. The highest BCUT2D eigenvalue weighted by molar-refractivity contribution is 6.36. The summed E-state index contributed by atoms with van der Waals surface area (Å²) in [5, 5.41) is 0.892. The summed E-state index contributed by atoms with van der Waals surface area (Å²) >= 11 is 12.4. The Morgan fingerprint density at radius 3 is 2.22 bits per heavy atom. The maximum Gasteiger partial charge on any atom is 0.313 e. The summed E-state index contributed by atoms with van der Waals surface area (Å²) in [6, 6.07) is 3.34. The molecule has 18 heavy (non-hydrogen) atoms. The molecule has 0 aromatic heterocycles. The Kier molecular flexibility index (Phi) is 4.03. The number of hydrogen-bond acceptors (Lipinski definition) is 3. The zero-order valence-corrected chi connectivity index (χ0v) is 11.7. The van der Waals surface area contributed by atoms with E-state index in [0.29, 0.717) is 21.4 Å². The van der Waals surface area contributed by atoms with Crippen LogP contribution in [0.1, 0.15) is 24.3 Å². The van der Waals surface area contributed by atoms with E-state index in [-0.39, 0.29) is 17.8 Å². The third-order valence-corrected chi connectivity index (χ3v) is 3.77. The van der Waals surface area contributed by atoms with Crippen molar-refractivity contribution in [2.24, 2.45) is 5.92 Å². The average molecular weight is 289 g/mol. The molecular formula is C13H14Cl2O3. The molecule has 5 heteroatoms. The van der Waals surface area contributed by atoms with Gasteiger partial charge in [0, 0.05) is 15.6 Å². The van der Waals surface area contributed by atoms with Crippen molar-refractivity contribution in [2.45, 2.75) is 18.8 Å². The van der Waals surface area contributed by atoms with Gasteiger partial charge in [-0.15, -0.1) is 0 Å². The summed E-state index contributed by atoms with van der Waals surface area (Å²) in [7, 11) is 2.92. The van der Waals surface area contributed by atoms with E-state index in [1.807, 2.05) is 0 Å². The van der Waals surface area contributed by atoms with E-state index in [2.05, 4.69) is 0 Å². The average Bonchev–Trinajstić information content (AvgIpc) is 3.16. The second kappa shape index (κ2) is 5.37. The van der Waals surface area contributed by atoms with Crippen LogP contribution in [0.5, 0.6) is 5.75 Å². The maximum absolute atomic E-state index is 11.9. The molecule has 0 N–H and O–H groups in total. The summed E-state index contributed by atoms with van der Waals surface area (Å²) in [6.07, 6.45) is 2.00. The van der Waals surface area contributed by atoms with Gasteiger partial charge in [-0.3, -0.25) is 4.79 Å². The Hall–Kier alpha value is -0.930. The van der Waals surface area contributed by atoms with Crippen molar-refractivity contribution in [3.63, 3.8) is 0 Å². The number of rotatable bonds is 4. The molecule has 0 amide bonds. The van der Waals surface area contributed by atoms with Gasteiger partial charge >= 0.3 is 5.97 Å². The van der Waals surface area contributed by atoms with Crippen LogP contribution in [0.2, 0.25) is 10.0 Å². The van der Waals surface area contributed by atoms with Gasteiger partial charge in [-0.05, 0) is 30.9 Å². The zero-order valence-electron chi connectivity index (χ0n) is 10.2. The predicted octanol–water partition coefficient (Wildman–Crippen LogP) is 3.67. The van der Waals surface area contributed by atoms with Crippen molar-refractivity contribution in [1.29, 1.82) is 0 Å². The Bertz CT molecular complexity index is 446. The number of carbonyl (C=O) groups is 1. The van der Waals surface area contributed by atoms with Crippen LogP contribution < -0.4 is 4.74 Å². The minimum absolute atomic E-state index is 0.279. The standard InChI is InChI=1S/C13H14Cl2O3/c1-17-8-5-9(14)12(10(15)6-8)11(7-3-4-7)13(16)18-2/h5-7,11H,3-4H2,1-2H3. The molecular weight excluding hydrogens is 275 g/mol. The van der Waals surface area contributed by atoms with Crippen LogP contribution >= 0.6 is 23.2 Å². The first kappa shape index (κ1) is 13.5. The molecule has 0 aliphatic heterocycles. The van der Waals surface area contributed by atoms with Crippen LogP contribution in [0.25, 0.3) is 0 Å². The molecule has 1 aromatic carbocycles. The molecule has 1 aliphatic carbocycles. The van der Waals surface area contributed by atoms with Gasteiger partial charge in [-0.1, -0.05) is 23.2 Å². The topological polar surface area (TPSA) is 35.5 Å². The van der Waals surface area contributed by atoms with Crippen LogP contribution in [-0.4, -0.2) is 20.2 Å². The summed E-state index contributed by atoms with van der Waals surface area (Å²) in [5.41, 5.74) is 0.647. The van der Waals surface area contributed by atoms with E-state index >= 15 is 0 Å². The maximum atomic E-state index is 11.9. The highest BCUT2D eigenvalue weighted by Gasteiger charge is 2.40. The lowest BCUT2D eigenvalue weighted by molar-refractivity contribution is -0.143. The largest absolute Gasteiger partial charge is 0.497 e.